The van der Waals surface area contributed by atoms with E-state index in [1.54, 1.807) is 0 Å². The average Bonchev–Trinajstić information content (AvgIpc) is 2.76. The molecule has 2 aliphatic rings. The van der Waals surface area contributed by atoms with E-state index in [4.69, 9.17) is 9.47 Å². The summed E-state index contributed by atoms with van der Waals surface area (Å²) in [7, 11) is 0. The first-order valence-corrected chi connectivity index (χ1v) is 8.78. The van der Waals surface area contributed by atoms with Crippen molar-refractivity contribution in [3.8, 4) is 0 Å². The molecular formula is C20H28O4. The van der Waals surface area contributed by atoms with E-state index in [0.717, 1.165) is 18.4 Å². The van der Waals surface area contributed by atoms with Crippen molar-refractivity contribution in [1.29, 1.82) is 0 Å². The van der Waals surface area contributed by atoms with E-state index in [-0.39, 0.29) is 36.5 Å². The van der Waals surface area contributed by atoms with Gasteiger partial charge in [0, 0.05) is 24.3 Å². The molecule has 0 amide bonds. The van der Waals surface area contributed by atoms with Crippen LogP contribution in [0.2, 0.25) is 0 Å². The fraction of sp³-hybridized carbons (Fsp3) is 0.600. The minimum Gasteiger partial charge on any atom is -0.461 e. The first kappa shape index (κ1) is 18.5. The van der Waals surface area contributed by atoms with Gasteiger partial charge in [-0.15, -0.1) is 0 Å². The SMILES string of the molecule is C=C1C(=O)O[C@@H]2C/C(COC(=O)CC(C)C)=C\C=C/[C@@H](C)CC[C@@H]12. The van der Waals surface area contributed by atoms with Crippen molar-refractivity contribution in [2.24, 2.45) is 17.8 Å². The molecule has 1 aliphatic carbocycles. The Balaban J connectivity index is 2.08. The zero-order valence-electron chi connectivity index (χ0n) is 14.9. The van der Waals surface area contributed by atoms with Crippen LogP contribution < -0.4 is 0 Å². The van der Waals surface area contributed by atoms with Gasteiger partial charge in [-0.3, -0.25) is 4.79 Å². The molecule has 2 rings (SSSR count). The van der Waals surface area contributed by atoms with Gasteiger partial charge < -0.3 is 9.47 Å². The molecule has 132 valence electrons. The van der Waals surface area contributed by atoms with Crippen LogP contribution >= 0.6 is 0 Å². The summed E-state index contributed by atoms with van der Waals surface area (Å²) in [5.74, 6) is 0.278. The minimum atomic E-state index is -0.291. The average molecular weight is 332 g/mol. The maximum atomic E-state index is 11.9. The molecule has 0 saturated carbocycles. The molecule has 0 bridgehead atoms. The van der Waals surface area contributed by atoms with E-state index < -0.39 is 0 Å². The molecule has 0 N–H and O–H groups in total. The number of fused-ring (bicyclic) bond motifs is 1. The first-order valence-electron chi connectivity index (χ1n) is 8.78. The predicted molar refractivity (Wildman–Crippen MR) is 93.2 cm³/mol. The molecule has 1 fully saturated rings. The number of hydrogen-bond donors (Lipinski definition) is 0. The van der Waals surface area contributed by atoms with Crippen molar-refractivity contribution in [2.45, 2.75) is 52.6 Å². The lowest BCUT2D eigenvalue weighted by molar-refractivity contribution is -0.144. The van der Waals surface area contributed by atoms with Gasteiger partial charge in [-0.25, -0.2) is 4.79 Å². The zero-order valence-corrected chi connectivity index (χ0v) is 14.9. The molecule has 0 aromatic rings. The molecule has 0 spiro atoms. The number of allylic oxidation sites excluding steroid dienone is 3. The number of carbonyl (C=O) groups is 2. The summed E-state index contributed by atoms with van der Waals surface area (Å²) < 4.78 is 10.9. The van der Waals surface area contributed by atoms with Gasteiger partial charge >= 0.3 is 11.9 Å². The monoisotopic (exact) mass is 332 g/mol. The summed E-state index contributed by atoms with van der Waals surface area (Å²) in [6.45, 7) is 10.3. The molecular weight excluding hydrogens is 304 g/mol. The van der Waals surface area contributed by atoms with Crippen LogP contribution in [0.4, 0.5) is 0 Å². The van der Waals surface area contributed by atoms with Crippen molar-refractivity contribution in [3.05, 3.63) is 36.0 Å². The minimum absolute atomic E-state index is 0.0567. The van der Waals surface area contributed by atoms with Gasteiger partial charge in [-0.05, 0) is 30.3 Å². The summed E-state index contributed by atoms with van der Waals surface area (Å²) in [5.41, 5.74) is 1.54. The number of carbonyl (C=O) groups excluding carboxylic acids is 2. The van der Waals surface area contributed by atoms with E-state index in [1.165, 1.54) is 0 Å². The number of esters is 2. The molecule has 0 aromatic heterocycles. The lowest BCUT2D eigenvalue weighted by Gasteiger charge is -2.21. The van der Waals surface area contributed by atoms with Crippen LogP contribution in [0, 0.1) is 17.8 Å². The first-order chi connectivity index (χ1) is 11.4. The smallest absolute Gasteiger partial charge is 0.334 e. The highest BCUT2D eigenvalue weighted by Gasteiger charge is 2.38. The number of rotatable bonds is 4. The predicted octanol–water partition coefficient (Wildman–Crippen LogP) is 3.98. The second kappa shape index (κ2) is 8.32. The summed E-state index contributed by atoms with van der Waals surface area (Å²) in [4.78, 5) is 23.7. The standard InChI is InChI=1S/C20H28O4/c1-13(2)10-19(21)23-12-16-7-5-6-14(3)8-9-17-15(4)20(22)24-18(17)11-16/h5-7,13-14,17-18H,4,8-12H2,1-3H3/b6-5-,16-7+/t14-,17+,18-/m1/s1. The van der Waals surface area contributed by atoms with Crippen molar-refractivity contribution < 1.29 is 19.1 Å². The topological polar surface area (TPSA) is 52.6 Å². The Hall–Kier alpha value is -1.84. The van der Waals surface area contributed by atoms with Gasteiger partial charge in [0.25, 0.3) is 0 Å². The van der Waals surface area contributed by atoms with Gasteiger partial charge in [0.15, 0.2) is 0 Å². The van der Waals surface area contributed by atoms with Crippen molar-refractivity contribution >= 4 is 11.9 Å². The third kappa shape index (κ3) is 5.08. The van der Waals surface area contributed by atoms with E-state index in [2.05, 4.69) is 19.6 Å². The molecule has 1 heterocycles. The molecule has 0 aromatic carbocycles. The summed E-state index contributed by atoms with van der Waals surface area (Å²) in [6.07, 6.45) is 8.84. The second-order valence-corrected chi connectivity index (χ2v) is 7.30. The highest BCUT2D eigenvalue weighted by Crippen LogP contribution is 2.35. The van der Waals surface area contributed by atoms with Crippen LogP contribution in [0.25, 0.3) is 0 Å². The van der Waals surface area contributed by atoms with E-state index in [9.17, 15) is 9.59 Å². The van der Waals surface area contributed by atoms with E-state index >= 15 is 0 Å². The highest BCUT2D eigenvalue weighted by molar-refractivity contribution is 5.90. The third-order valence-electron chi connectivity index (χ3n) is 4.58. The van der Waals surface area contributed by atoms with Crippen LogP contribution in [0.15, 0.2) is 36.0 Å². The van der Waals surface area contributed by atoms with Crippen molar-refractivity contribution in [3.63, 3.8) is 0 Å². The van der Waals surface area contributed by atoms with Gasteiger partial charge in [0.1, 0.15) is 12.7 Å². The van der Waals surface area contributed by atoms with Crippen molar-refractivity contribution in [1.82, 2.24) is 0 Å². The fourth-order valence-electron chi connectivity index (χ4n) is 3.13. The Bertz CT molecular complexity index is 556. The largest absolute Gasteiger partial charge is 0.461 e. The van der Waals surface area contributed by atoms with Crippen LogP contribution in [-0.4, -0.2) is 24.6 Å². The third-order valence-corrected chi connectivity index (χ3v) is 4.58. The van der Waals surface area contributed by atoms with Gasteiger partial charge in [0.2, 0.25) is 0 Å². The van der Waals surface area contributed by atoms with Crippen LogP contribution in [0.5, 0.6) is 0 Å². The molecule has 1 aliphatic heterocycles. The lowest BCUT2D eigenvalue weighted by Crippen LogP contribution is -2.20. The maximum Gasteiger partial charge on any atom is 0.334 e. The van der Waals surface area contributed by atoms with Crippen LogP contribution in [0.1, 0.15) is 46.5 Å². The second-order valence-electron chi connectivity index (χ2n) is 7.30. The summed E-state index contributed by atoms with van der Waals surface area (Å²) in [6, 6.07) is 0. The molecule has 0 radical (unpaired) electrons. The Morgan fingerprint density at radius 2 is 2.17 bits per heavy atom. The number of ether oxygens (including phenoxy) is 2. The zero-order chi connectivity index (χ0) is 17.7. The summed E-state index contributed by atoms with van der Waals surface area (Å²) >= 11 is 0. The Morgan fingerprint density at radius 3 is 2.88 bits per heavy atom. The maximum absolute atomic E-state index is 11.9. The lowest BCUT2D eigenvalue weighted by atomic mass is 9.85. The van der Waals surface area contributed by atoms with Crippen LogP contribution in [-0.2, 0) is 19.1 Å². The Kier molecular flexibility index (Phi) is 6.41. The van der Waals surface area contributed by atoms with E-state index in [1.807, 2.05) is 26.0 Å². The van der Waals surface area contributed by atoms with Gasteiger partial charge in [0.05, 0.1) is 0 Å². The van der Waals surface area contributed by atoms with Gasteiger partial charge in [-0.2, -0.15) is 0 Å². The Labute approximate surface area is 144 Å². The normalized spacial score (nSPS) is 31.0. The number of hydrogen-bond acceptors (Lipinski definition) is 4. The molecule has 4 nitrogen and oxygen atoms in total. The fourth-order valence-corrected chi connectivity index (χ4v) is 3.13. The van der Waals surface area contributed by atoms with E-state index in [0.29, 0.717) is 24.3 Å². The molecule has 0 unspecified atom stereocenters. The van der Waals surface area contributed by atoms with Crippen LogP contribution in [0.3, 0.4) is 0 Å². The molecule has 3 atom stereocenters. The molecule has 4 heteroatoms. The quantitative estimate of drug-likeness (QED) is 0.577. The molecule has 1 saturated heterocycles. The highest BCUT2D eigenvalue weighted by atomic mass is 16.6. The van der Waals surface area contributed by atoms with Crippen molar-refractivity contribution in [2.75, 3.05) is 6.61 Å². The van der Waals surface area contributed by atoms with Gasteiger partial charge in [-0.1, -0.05) is 45.6 Å². The molecule has 24 heavy (non-hydrogen) atoms. The summed E-state index contributed by atoms with van der Waals surface area (Å²) in [5, 5.41) is 0. The Morgan fingerprint density at radius 1 is 1.42 bits per heavy atom.